The predicted molar refractivity (Wildman–Crippen MR) is 159 cm³/mol. The monoisotopic (exact) mass is 577 g/mol. The van der Waals surface area contributed by atoms with Crippen molar-refractivity contribution in [2.45, 2.75) is 46.6 Å². The fourth-order valence-corrected chi connectivity index (χ4v) is 4.02. The second-order valence-corrected chi connectivity index (χ2v) is 11.3. The van der Waals surface area contributed by atoms with Gasteiger partial charge in [0, 0.05) is 38.2 Å². The van der Waals surface area contributed by atoms with Crippen molar-refractivity contribution in [3.63, 3.8) is 0 Å². The number of unbranched alkanes of at least 4 members (excludes halogenated alkanes) is 1. The third kappa shape index (κ3) is 13.1. The highest BCUT2D eigenvalue weighted by Gasteiger charge is 2.29. The van der Waals surface area contributed by atoms with Crippen molar-refractivity contribution < 1.29 is 29.0 Å². The molecule has 0 heterocycles. The third-order valence-corrected chi connectivity index (χ3v) is 7.03. The van der Waals surface area contributed by atoms with E-state index in [9.17, 15) is 24.3 Å². The molecule has 0 saturated carbocycles. The Hall–Kier alpha value is -2.86. The van der Waals surface area contributed by atoms with Gasteiger partial charge in [-0.25, -0.2) is 0 Å². The lowest BCUT2D eigenvalue weighted by molar-refractivity contribution is -0.146. The maximum atomic E-state index is 13.4. The number of likely N-dealkylation sites (N-methyl/N-ethyl adjacent to an activating group) is 1. The van der Waals surface area contributed by atoms with E-state index < -0.39 is 17.2 Å². The maximum Gasteiger partial charge on any atom is 0.242 e. The molecule has 0 aliphatic rings. The van der Waals surface area contributed by atoms with Crippen molar-refractivity contribution in [3.8, 4) is 0 Å². The fourth-order valence-electron chi connectivity index (χ4n) is 4.02. The lowest BCUT2D eigenvalue weighted by Crippen LogP contribution is -2.51. The van der Waals surface area contributed by atoms with Gasteiger partial charge >= 0.3 is 0 Å². The normalized spacial score (nSPS) is 12.2. The minimum atomic E-state index is -0.637. The van der Waals surface area contributed by atoms with Crippen molar-refractivity contribution in [3.05, 3.63) is 35.9 Å². The summed E-state index contributed by atoms with van der Waals surface area (Å²) in [5, 5.41) is 9.64. The van der Waals surface area contributed by atoms with E-state index in [4.69, 9.17) is 10.5 Å². The van der Waals surface area contributed by atoms with Crippen LogP contribution in [0.1, 0.15) is 52.1 Å². The van der Waals surface area contributed by atoms with Gasteiger partial charge in [-0.1, -0.05) is 51.1 Å². The third-order valence-electron chi connectivity index (χ3n) is 7.03. The Morgan fingerprint density at radius 1 is 0.854 bits per heavy atom. The number of aliphatic hydroxyl groups excluding tert-OH is 1. The summed E-state index contributed by atoms with van der Waals surface area (Å²) in [6, 6.07) is 9.83. The smallest absolute Gasteiger partial charge is 0.242 e. The number of ether oxygens (including phenoxy) is 1. The first kappa shape index (κ1) is 36.2. The average Bonchev–Trinajstić information content (AvgIpc) is 2.93. The Bertz CT molecular complexity index is 952. The molecule has 0 aliphatic carbocycles. The number of amides is 3. The maximum absolute atomic E-state index is 13.4. The molecule has 3 N–H and O–H groups in total. The summed E-state index contributed by atoms with van der Waals surface area (Å²) in [6.45, 7) is 7.60. The zero-order valence-corrected chi connectivity index (χ0v) is 25.8. The van der Waals surface area contributed by atoms with E-state index in [1.807, 2.05) is 49.2 Å². The Labute approximate surface area is 245 Å². The summed E-state index contributed by atoms with van der Waals surface area (Å²) in [6.07, 6.45) is 1.33. The summed E-state index contributed by atoms with van der Waals surface area (Å²) in [7, 11) is 3.36. The van der Waals surface area contributed by atoms with Gasteiger partial charge in [0.15, 0.2) is 5.78 Å². The Morgan fingerprint density at radius 3 is 1.90 bits per heavy atom. The Balaban J connectivity index is 3.01. The number of rotatable bonds is 19. The van der Waals surface area contributed by atoms with Gasteiger partial charge < -0.3 is 30.3 Å². The summed E-state index contributed by atoms with van der Waals surface area (Å²) in [5.74, 6) is -1.22. The van der Waals surface area contributed by atoms with Crippen LogP contribution in [0.2, 0.25) is 0 Å². The minimum absolute atomic E-state index is 0.0147. The number of carbonyl (C=O) groups excluding carboxylic acids is 4. The second-order valence-electron chi connectivity index (χ2n) is 11.3. The van der Waals surface area contributed by atoms with Crippen LogP contribution >= 0.6 is 0 Å². The fraction of sp³-hybridized carbons (Fsp3) is 0.667. The van der Waals surface area contributed by atoms with Crippen LogP contribution in [-0.2, 0) is 23.9 Å². The van der Waals surface area contributed by atoms with E-state index in [1.54, 1.807) is 20.8 Å². The molecule has 11 nitrogen and oxygen atoms in total. The van der Waals surface area contributed by atoms with Crippen molar-refractivity contribution in [1.82, 2.24) is 19.6 Å². The van der Waals surface area contributed by atoms with E-state index in [2.05, 4.69) is 0 Å². The molecule has 1 atom stereocenters. The molecule has 0 unspecified atom stereocenters. The van der Waals surface area contributed by atoms with Crippen LogP contribution in [0.15, 0.2) is 30.3 Å². The number of hydrogen-bond donors (Lipinski definition) is 2. The van der Waals surface area contributed by atoms with Crippen molar-refractivity contribution in [1.29, 1.82) is 0 Å². The topological polar surface area (TPSA) is 137 Å². The van der Waals surface area contributed by atoms with Crippen LogP contribution in [-0.4, -0.2) is 128 Å². The summed E-state index contributed by atoms with van der Waals surface area (Å²) in [4.78, 5) is 58.7. The van der Waals surface area contributed by atoms with Gasteiger partial charge in [0.1, 0.15) is 0 Å². The number of benzene rings is 1. The molecule has 0 spiro atoms. The molecule has 0 aromatic heterocycles. The predicted octanol–water partition coefficient (Wildman–Crippen LogP) is 1.16. The zero-order valence-electron chi connectivity index (χ0n) is 25.8. The molecule has 11 heteroatoms. The minimum Gasteiger partial charge on any atom is -0.395 e. The lowest BCUT2D eigenvalue weighted by atomic mass is 9.90. The molecule has 0 fully saturated rings. The molecule has 41 heavy (non-hydrogen) atoms. The largest absolute Gasteiger partial charge is 0.395 e. The number of nitrogens with two attached hydrogens (primary N) is 1. The van der Waals surface area contributed by atoms with Gasteiger partial charge in [-0.15, -0.1) is 0 Å². The van der Waals surface area contributed by atoms with Crippen LogP contribution in [0.5, 0.6) is 0 Å². The number of aliphatic hydroxyl groups is 1. The van der Waals surface area contributed by atoms with E-state index in [-0.39, 0.29) is 70.2 Å². The average molecular weight is 578 g/mol. The van der Waals surface area contributed by atoms with Crippen LogP contribution in [0.3, 0.4) is 0 Å². The molecular formula is C30H51N5O6. The van der Waals surface area contributed by atoms with Gasteiger partial charge in [0.05, 0.1) is 39.4 Å². The van der Waals surface area contributed by atoms with Crippen molar-refractivity contribution in [2.75, 3.05) is 79.7 Å². The van der Waals surface area contributed by atoms with E-state index in [0.29, 0.717) is 25.9 Å². The quantitative estimate of drug-likeness (QED) is 0.234. The summed E-state index contributed by atoms with van der Waals surface area (Å²) < 4.78 is 5.11. The number of methoxy groups -OCH3 is 1. The number of hydrogen-bond acceptors (Lipinski definition) is 8. The van der Waals surface area contributed by atoms with Gasteiger partial charge in [-0.2, -0.15) is 0 Å². The van der Waals surface area contributed by atoms with Gasteiger partial charge in [-0.05, 0) is 38.9 Å². The molecule has 0 radical (unpaired) electrons. The van der Waals surface area contributed by atoms with Crippen molar-refractivity contribution >= 4 is 23.5 Å². The first-order valence-corrected chi connectivity index (χ1v) is 14.3. The lowest BCUT2D eigenvalue weighted by Gasteiger charge is -2.31. The molecule has 232 valence electrons. The Morgan fingerprint density at radius 2 is 1.39 bits per heavy atom. The molecule has 0 bridgehead atoms. The molecule has 1 aromatic carbocycles. The standard InChI is InChI=1S/C30H51N5O6/c1-24(25-12-8-7-9-13-25)32(5)21-27(38)33(15-11-10-14-31)22-28(39)34(16-18-36)23-29(40)35(17-19-41-6)20-26(37)30(2,3)4/h7-9,12-13,24,36H,10-11,14-23,31H2,1-6H3/t24-/m0/s1. The number of ketones is 1. The highest BCUT2D eigenvalue weighted by atomic mass is 16.5. The molecule has 0 aliphatic heterocycles. The van der Waals surface area contributed by atoms with E-state index in [0.717, 1.165) is 5.56 Å². The highest BCUT2D eigenvalue weighted by Crippen LogP contribution is 2.18. The second kappa shape index (κ2) is 18.5. The van der Waals surface area contributed by atoms with Crippen LogP contribution in [0, 0.1) is 5.41 Å². The van der Waals surface area contributed by atoms with E-state index >= 15 is 0 Å². The molecule has 0 saturated heterocycles. The first-order chi connectivity index (χ1) is 19.3. The van der Waals surface area contributed by atoms with Crippen molar-refractivity contribution in [2.24, 2.45) is 11.1 Å². The van der Waals surface area contributed by atoms with Crippen LogP contribution in [0.25, 0.3) is 0 Å². The number of carbonyl (C=O) groups is 4. The SMILES string of the molecule is COCCN(CC(=O)C(C)(C)C)C(=O)CN(CCO)C(=O)CN(CCCCN)C(=O)CN(C)[C@@H](C)c1ccccc1. The van der Waals surface area contributed by atoms with E-state index in [1.165, 1.54) is 21.8 Å². The summed E-state index contributed by atoms with van der Waals surface area (Å²) in [5.41, 5.74) is 6.09. The molecule has 3 amide bonds. The van der Waals surface area contributed by atoms with Crippen LogP contribution in [0.4, 0.5) is 0 Å². The van der Waals surface area contributed by atoms with Gasteiger partial charge in [0.2, 0.25) is 17.7 Å². The number of nitrogens with zero attached hydrogens (tertiary/aromatic N) is 4. The molecule has 1 rings (SSSR count). The van der Waals surface area contributed by atoms with Gasteiger partial charge in [-0.3, -0.25) is 24.1 Å². The Kier molecular flexibility index (Phi) is 16.4. The number of Topliss-reactive ketones (excluding diaryl/α,β-unsaturated/α-hetero) is 1. The molecule has 1 aromatic rings. The van der Waals surface area contributed by atoms with Crippen LogP contribution < -0.4 is 5.73 Å². The molecular weight excluding hydrogens is 526 g/mol. The van der Waals surface area contributed by atoms with Gasteiger partial charge in [0.25, 0.3) is 0 Å². The zero-order chi connectivity index (χ0) is 31.0. The summed E-state index contributed by atoms with van der Waals surface area (Å²) >= 11 is 0. The highest BCUT2D eigenvalue weighted by molar-refractivity contribution is 5.92. The first-order valence-electron chi connectivity index (χ1n) is 14.3.